The van der Waals surface area contributed by atoms with Crippen molar-refractivity contribution in [3.8, 4) is 23.0 Å². The van der Waals surface area contributed by atoms with Gasteiger partial charge in [0.05, 0.1) is 0 Å². The number of rotatable bonds is 6. The Hall–Kier alpha value is -4.70. The molecule has 0 saturated carbocycles. The molecule has 0 atom stereocenters. The van der Waals surface area contributed by atoms with Crippen LogP contribution in [0, 0.1) is 34.6 Å². The van der Waals surface area contributed by atoms with Crippen molar-refractivity contribution in [2.45, 2.75) is 46.5 Å². The predicted molar refractivity (Wildman–Crippen MR) is 164 cm³/mol. The second kappa shape index (κ2) is 11.1. The second-order valence-electron chi connectivity index (χ2n) is 11.2. The van der Waals surface area contributed by atoms with Crippen LogP contribution < -0.4 is 0 Å². The third kappa shape index (κ3) is 5.51. The molecule has 5 rings (SSSR count). The molecular formula is C37H36O4. The summed E-state index contributed by atoms with van der Waals surface area (Å²) in [4.78, 5) is 0. The van der Waals surface area contributed by atoms with Gasteiger partial charge in [-0.05, 0) is 120 Å². The largest absolute Gasteiger partial charge is 0.508 e. The maximum atomic E-state index is 10.2. The Kier molecular flexibility index (Phi) is 7.51. The molecule has 0 fully saturated rings. The highest BCUT2D eigenvalue weighted by molar-refractivity contribution is 5.54. The second-order valence-corrected chi connectivity index (χ2v) is 11.2. The monoisotopic (exact) mass is 544 g/mol. The van der Waals surface area contributed by atoms with Gasteiger partial charge < -0.3 is 20.4 Å². The lowest BCUT2D eigenvalue weighted by Gasteiger charge is -2.25. The Morgan fingerprint density at radius 1 is 0.341 bits per heavy atom. The first-order chi connectivity index (χ1) is 19.5. The van der Waals surface area contributed by atoms with E-state index in [4.69, 9.17) is 0 Å². The van der Waals surface area contributed by atoms with Crippen LogP contribution in [-0.2, 0) is 0 Å². The number of phenolic OH excluding ortho intramolecular Hbond substituents is 4. The molecule has 0 aromatic heterocycles. The average molecular weight is 545 g/mol. The summed E-state index contributed by atoms with van der Waals surface area (Å²) in [6, 6.07) is 29.4. The van der Waals surface area contributed by atoms with Crippen molar-refractivity contribution in [3.63, 3.8) is 0 Å². The summed E-state index contributed by atoms with van der Waals surface area (Å²) in [6.07, 6.45) is 0. The van der Waals surface area contributed by atoms with E-state index in [1.54, 1.807) is 24.3 Å². The van der Waals surface area contributed by atoms with Crippen LogP contribution in [0.15, 0.2) is 91.0 Å². The van der Waals surface area contributed by atoms with E-state index in [0.29, 0.717) is 0 Å². The average Bonchev–Trinajstić information content (AvgIpc) is 2.93. The fourth-order valence-corrected chi connectivity index (χ4v) is 5.76. The lowest BCUT2D eigenvalue weighted by Crippen LogP contribution is -2.09. The molecule has 0 aliphatic rings. The van der Waals surface area contributed by atoms with Gasteiger partial charge in [0.2, 0.25) is 0 Å². The van der Waals surface area contributed by atoms with Crippen LogP contribution in [0.1, 0.15) is 73.0 Å². The van der Waals surface area contributed by atoms with Crippen LogP contribution >= 0.6 is 0 Å². The summed E-state index contributed by atoms with van der Waals surface area (Å²) >= 11 is 0. The van der Waals surface area contributed by atoms with Crippen LogP contribution in [0.5, 0.6) is 23.0 Å². The highest BCUT2D eigenvalue weighted by atomic mass is 16.3. The number of hydrogen-bond donors (Lipinski definition) is 4. The Morgan fingerprint density at radius 3 is 0.902 bits per heavy atom. The molecule has 5 aromatic rings. The van der Waals surface area contributed by atoms with E-state index >= 15 is 0 Å². The standard InChI is InChI=1S/C37H36O4/c1-21-16-26(36(27-7-12-32(38)22(2)17-27)28-8-13-33(39)23(3)18-28)6-11-31(21)37(29-9-14-34(40)24(4)19-29)30-10-15-35(41)25(5)20-30/h6-20,36-41H,1-5H3. The van der Waals surface area contributed by atoms with Crippen LogP contribution in [0.4, 0.5) is 0 Å². The van der Waals surface area contributed by atoms with Gasteiger partial charge in [-0.1, -0.05) is 66.7 Å². The molecule has 0 saturated heterocycles. The highest BCUT2D eigenvalue weighted by Crippen LogP contribution is 2.40. The molecule has 41 heavy (non-hydrogen) atoms. The summed E-state index contributed by atoms with van der Waals surface area (Å²) < 4.78 is 0. The minimum absolute atomic E-state index is 0.104. The molecule has 0 amide bonds. The maximum absolute atomic E-state index is 10.2. The van der Waals surface area contributed by atoms with Crippen molar-refractivity contribution >= 4 is 0 Å². The topological polar surface area (TPSA) is 80.9 Å². The van der Waals surface area contributed by atoms with E-state index in [2.05, 4.69) is 25.1 Å². The fourth-order valence-electron chi connectivity index (χ4n) is 5.76. The number of hydrogen-bond acceptors (Lipinski definition) is 4. The van der Waals surface area contributed by atoms with Gasteiger partial charge >= 0.3 is 0 Å². The summed E-state index contributed by atoms with van der Waals surface area (Å²) in [5, 5.41) is 40.9. The van der Waals surface area contributed by atoms with Crippen molar-refractivity contribution in [2.24, 2.45) is 0 Å². The van der Waals surface area contributed by atoms with E-state index in [1.165, 1.54) is 0 Å². The number of aryl methyl sites for hydroxylation is 5. The van der Waals surface area contributed by atoms with Crippen LogP contribution in [0.25, 0.3) is 0 Å². The maximum Gasteiger partial charge on any atom is 0.118 e. The molecular weight excluding hydrogens is 508 g/mol. The van der Waals surface area contributed by atoms with E-state index in [0.717, 1.165) is 61.2 Å². The van der Waals surface area contributed by atoms with Crippen molar-refractivity contribution in [1.29, 1.82) is 0 Å². The molecule has 208 valence electrons. The molecule has 0 bridgehead atoms. The van der Waals surface area contributed by atoms with E-state index < -0.39 is 0 Å². The summed E-state index contributed by atoms with van der Waals surface area (Å²) in [7, 11) is 0. The summed E-state index contributed by atoms with van der Waals surface area (Å²) in [5.41, 5.74) is 10.8. The van der Waals surface area contributed by atoms with Crippen molar-refractivity contribution < 1.29 is 20.4 Å². The first kappa shape index (κ1) is 27.9. The fraction of sp³-hybridized carbons (Fsp3) is 0.189. The molecule has 4 heteroatoms. The SMILES string of the molecule is Cc1cc(C(c2ccc(O)c(C)c2)c2ccc(C(c3ccc(O)c(C)c3)c3ccc(O)c(C)c3)c(C)c2)ccc1O. The van der Waals surface area contributed by atoms with Crippen molar-refractivity contribution in [3.05, 3.63) is 152 Å². The van der Waals surface area contributed by atoms with Gasteiger partial charge in [-0.3, -0.25) is 0 Å². The smallest absolute Gasteiger partial charge is 0.118 e. The number of benzene rings is 5. The summed E-state index contributed by atoms with van der Waals surface area (Å²) in [6.45, 7) is 9.72. The number of phenols is 4. The lowest BCUT2D eigenvalue weighted by molar-refractivity contribution is 0.470. The Balaban J connectivity index is 1.68. The van der Waals surface area contributed by atoms with Crippen molar-refractivity contribution in [2.75, 3.05) is 0 Å². The molecule has 0 aliphatic carbocycles. The Labute approximate surface area is 241 Å². The molecule has 0 aliphatic heterocycles. The van der Waals surface area contributed by atoms with Crippen molar-refractivity contribution in [1.82, 2.24) is 0 Å². The van der Waals surface area contributed by atoms with Gasteiger partial charge in [-0.15, -0.1) is 0 Å². The van der Waals surface area contributed by atoms with Crippen LogP contribution in [0.2, 0.25) is 0 Å². The lowest BCUT2D eigenvalue weighted by atomic mass is 9.79. The van der Waals surface area contributed by atoms with Gasteiger partial charge in [-0.25, -0.2) is 0 Å². The van der Waals surface area contributed by atoms with Crippen LogP contribution in [-0.4, -0.2) is 20.4 Å². The zero-order valence-electron chi connectivity index (χ0n) is 24.1. The van der Waals surface area contributed by atoms with Gasteiger partial charge in [0.25, 0.3) is 0 Å². The minimum atomic E-state index is -0.105. The van der Waals surface area contributed by atoms with Gasteiger partial charge in [0.15, 0.2) is 0 Å². The third-order valence-corrected chi connectivity index (χ3v) is 8.15. The predicted octanol–water partition coefficient (Wildman–Crippen LogP) is 8.41. The number of aromatic hydroxyl groups is 4. The third-order valence-electron chi connectivity index (χ3n) is 8.15. The molecule has 4 nitrogen and oxygen atoms in total. The molecule has 4 N–H and O–H groups in total. The van der Waals surface area contributed by atoms with Crippen LogP contribution in [0.3, 0.4) is 0 Å². The highest BCUT2D eigenvalue weighted by Gasteiger charge is 2.24. The van der Waals surface area contributed by atoms with Gasteiger partial charge in [-0.2, -0.15) is 0 Å². The van der Waals surface area contributed by atoms with Gasteiger partial charge in [0, 0.05) is 11.8 Å². The van der Waals surface area contributed by atoms with E-state index in [9.17, 15) is 20.4 Å². The minimum Gasteiger partial charge on any atom is -0.508 e. The molecule has 0 spiro atoms. The summed E-state index contributed by atoms with van der Waals surface area (Å²) in [5.74, 6) is 0.837. The first-order valence-corrected chi connectivity index (χ1v) is 13.8. The Bertz CT molecular complexity index is 1650. The Morgan fingerprint density at radius 2 is 0.610 bits per heavy atom. The zero-order valence-corrected chi connectivity index (χ0v) is 24.1. The molecule has 0 unspecified atom stereocenters. The normalized spacial score (nSPS) is 11.4. The molecule has 0 radical (unpaired) electrons. The molecule has 0 heterocycles. The van der Waals surface area contributed by atoms with E-state index in [-0.39, 0.29) is 34.8 Å². The van der Waals surface area contributed by atoms with E-state index in [1.807, 2.05) is 76.2 Å². The molecule has 5 aromatic carbocycles. The van der Waals surface area contributed by atoms with Gasteiger partial charge in [0.1, 0.15) is 23.0 Å². The quantitative estimate of drug-likeness (QED) is 0.162. The first-order valence-electron chi connectivity index (χ1n) is 13.8. The zero-order chi connectivity index (χ0) is 29.4.